The molecule has 0 atom stereocenters. The number of aromatic nitrogens is 2. The second kappa shape index (κ2) is 6.45. The number of carbonyl (C=O) groups is 1. The minimum Gasteiger partial charge on any atom is -0.347 e. The first-order valence-corrected chi connectivity index (χ1v) is 7.22. The SMILES string of the molecule is O=C(/C=C/c1ccc(Cl)cc1)NCc1cn2ccccc2n1. The first-order chi connectivity index (χ1) is 10.7. The maximum absolute atomic E-state index is 11.8. The van der Waals surface area contributed by atoms with Crippen LogP contribution in [0.1, 0.15) is 11.3 Å². The lowest BCUT2D eigenvalue weighted by atomic mass is 10.2. The quantitative estimate of drug-likeness (QED) is 0.751. The standard InChI is InChI=1S/C17H14ClN3O/c18-14-7-4-13(5-8-14)6-9-17(22)19-11-15-12-21-10-2-1-3-16(21)20-15/h1-10,12H,11H2,(H,19,22)/b9-6+. The zero-order valence-electron chi connectivity index (χ0n) is 11.7. The van der Waals surface area contributed by atoms with Gasteiger partial charge in [0, 0.05) is 23.5 Å². The van der Waals surface area contributed by atoms with Gasteiger partial charge in [-0.05, 0) is 35.9 Å². The van der Waals surface area contributed by atoms with Crippen molar-refractivity contribution in [3.8, 4) is 0 Å². The summed E-state index contributed by atoms with van der Waals surface area (Å²) in [6, 6.07) is 13.1. The molecular formula is C17H14ClN3O. The number of hydrogen-bond donors (Lipinski definition) is 1. The molecule has 0 aliphatic heterocycles. The molecule has 0 aliphatic rings. The average molecular weight is 312 g/mol. The second-order valence-corrected chi connectivity index (χ2v) is 5.24. The van der Waals surface area contributed by atoms with Crippen LogP contribution in [0.4, 0.5) is 0 Å². The Hall–Kier alpha value is -2.59. The molecule has 0 aliphatic carbocycles. The van der Waals surface area contributed by atoms with Crippen molar-refractivity contribution >= 4 is 29.2 Å². The van der Waals surface area contributed by atoms with Gasteiger partial charge in [0.1, 0.15) is 5.65 Å². The Balaban J connectivity index is 1.58. The lowest BCUT2D eigenvalue weighted by Gasteiger charge is -1.98. The van der Waals surface area contributed by atoms with E-state index in [2.05, 4.69) is 10.3 Å². The van der Waals surface area contributed by atoms with E-state index in [1.54, 1.807) is 18.2 Å². The number of nitrogens with one attached hydrogen (secondary N) is 1. The van der Waals surface area contributed by atoms with Crippen molar-refractivity contribution in [3.05, 3.63) is 77.2 Å². The first-order valence-electron chi connectivity index (χ1n) is 6.85. The van der Waals surface area contributed by atoms with E-state index in [0.29, 0.717) is 11.6 Å². The van der Waals surface area contributed by atoms with E-state index in [1.807, 2.05) is 47.1 Å². The molecular weight excluding hydrogens is 298 g/mol. The fourth-order valence-corrected chi connectivity index (χ4v) is 2.18. The van der Waals surface area contributed by atoms with E-state index in [4.69, 9.17) is 11.6 Å². The third-order valence-corrected chi connectivity index (χ3v) is 3.41. The lowest BCUT2D eigenvalue weighted by molar-refractivity contribution is -0.116. The van der Waals surface area contributed by atoms with Crippen molar-refractivity contribution in [1.82, 2.24) is 14.7 Å². The highest BCUT2D eigenvalue weighted by molar-refractivity contribution is 6.30. The number of imidazole rings is 1. The van der Waals surface area contributed by atoms with Crippen molar-refractivity contribution < 1.29 is 4.79 Å². The maximum Gasteiger partial charge on any atom is 0.244 e. The Kier molecular flexibility index (Phi) is 4.21. The minimum absolute atomic E-state index is 0.160. The summed E-state index contributed by atoms with van der Waals surface area (Å²) in [4.78, 5) is 16.2. The molecule has 0 bridgehead atoms. The van der Waals surface area contributed by atoms with Crippen LogP contribution in [0.15, 0.2) is 60.9 Å². The smallest absolute Gasteiger partial charge is 0.244 e. The van der Waals surface area contributed by atoms with Gasteiger partial charge in [0.25, 0.3) is 0 Å². The van der Waals surface area contributed by atoms with Crippen molar-refractivity contribution in [2.75, 3.05) is 0 Å². The maximum atomic E-state index is 11.8. The Morgan fingerprint density at radius 1 is 1.23 bits per heavy atom. The zero-order chi connectivity index (χ0) is 15.4. The molecule has 0 saturated carbocycles. The van der Waals surface area contributed by atoms with Crippen LogP contribution in [0.3, 0.4) is 0 Å². The molecule has 1 N–H and O–H groups in total. The molecule has 1 aromatic carbocycles. The average Bonchev–Trinajstić information content (AvgIpc) is 2.95. The molecule has 2 aromatic heterocycles. The zero-order valence-corrected chi connectivity index (χ0v) is 12.5. The molecule has 0 saturated heterocycles. The summed E-state index contributed by atoms with van der Waals surface area (Å²) in [5.41, 5.74) is 2.61. The molecule has 3 aromatic rings. The number of rotatable bonds is 4. The summed E-state index contributed by atoms with van der Waals surface area (Å²) in [6.07, 6.45) is 7.07. The molecule has 22 heavy (non-hydrogen) atoms. The summed E-state index contributed by atoms with van der Waals surface area (Å²) in [7, 11) is 0. The van der Waals surface area contributed by atoms with Crippen LogP contribution in [-0.2, 0) is 11.3 Å². The van der Waals surface area contributed by atoms with Gasteiger partial charge in [0.15, 0.2) is 0 Å². The van der Waals surface area contributed by atoms with Crippen LogP contribution in [-0.4, -0.2) is 15.3 Å². The number of pyridine rings is 1. The van der Waals surface area contributed by atoms with Crippen LogP contribution >= 0.6 is 11.6 Å². The van der Waals surface area contributed by atoms with Gasteiger partial charge < -0.3 is 9.72 Å². The second-order valence-electron chi connectivity index (χ2n) is 4.80. The van der Waals surface area contributed by atoms with Crippen LogP contribution in [0, 0.1) is 0 Å². The summed E-state index contributed by atoms with van der Waals surface area (Å²) in [5.74, 6) is -0.160. The Labute approximate surface area is 133 Å². The van der Waals surface area contributed by atoms with Crippen LogP contribution in [0.25, 0.3) is 11.7 Å². The molecule has 0 fully saturated rings. The highest BCUT2D eigenvalue weighted by Gasteiger charge is 2.02. The normalized spacial score (nSPS) is 11.1. The van der Waals surface area contributed by atoms with Gasteiger partial charge in [-0.1, -0.05) is 29.8 Å². The molecule has 110 valence electrons. The van der Waals surface area contributed by atoms with Gasteiger partial charge in [-0.25, -0.2) is 4.98 Å². The number of halogens is 1. The van der Waals surface area contributed by atoms with Gasteiger partial charge in [-0.15, -0.1) is 0 Å². The molecule has 4 nitrogen and oxygen atoms in total. The van der Waals surface area contributed by atoms with Crippen LogP contribution in [0.5, 0.6) is 0 Å². The monoisotopic (exact) mass is 311 g/mol. The summed E-state index contributed by atoms with van der Waals surface area (Å²) in [6.45, 7) is 0.394. The number of hydrogen-bond acceptors (Lipinski definition) is 2. The summed E-state index contributed by atoms with van der Waals surface area (Å²) in [5, 5.41) is 3.49. The Morgan fingerprint density at radius 2 is 2.05 bits per heavy atom. The predicted octanol–water partition coefficient (Wildman–Crippen LogP) is 3.32. The van der Waals surface area contributed by atoms with Crippen LogP contribution < -0.4 is 5.32 Å². The number of nitrogens with zero attached hydrogens (tertiary/aromatic N) is 2. The molecule has 0 radical (unpaired) electrons. The van der Waals surface area contributed by atoms with Crippen molar-refractivity contribution in [2.24, 2.45) is 0 Å². The fourth-order valence-electron chi connectivity index (χ4n) is 2.05. The van der Waals surface area contributed by atoms with E-state index in [9.17, 15) is 4.79 Å². The number of benzene rings is 1. The molecule has 0 unspecified atom stereocenters. The number of fused-ring (bicyclic) bond motifs is 1. The topological polar surface area (TPSA) is 46.4 Å². The molecule has 0 spiro atoms. The highest BCUT2D eigenvalue weighted by Crippen LogP contribution is 2.10. The van der Waals surface area contributed by atoms with Crippen molar-refractivity contribution in [1.29, 1.82) is 0 Å². The summed E-state index contributed by atoms with van der Waals surface area (Å²) < 4.78 is 1.92. The fraction of sp³-hybridized carbons (Fsp3) is 0.0588. The van der Waals surface area contributed by atoms with Gasteiger partial charge in [-0.2, -0.15) is 0 Å². The van der Waals surface area contributed by atoms with Gasteiger partial charge >= 0.3 is 0 Å². The van der Waals surface area contributed by atoms with E-state index in [1.165, 1.54) is 6.08 Å². The minimum atomic E-state index is -0.160. The van der Waals surface area contributed by atoms with Crippen LogP contribution in [0.2, 0.25) is 5.02 Å². The largest absolute Gasteiger partial charge is 0.347 e. The molecule has 3 rings (SSSR count). The van der Waals surface area contributed by atoms with Gasteiger partial charge in [-0.3, -0.25) is 4.79 Å². The highest BCUT2D eigenvalue weighted by atomic mass is 35.5. The van der Waals surface area contributed by atoms with Crippen molar-refractivity contribution in [3.63, 3.8) is 0 Å². The third-order valence-electron chi connectivity index (χ3n) is 3.15. The first kappa shape index (κ1) is 14.4. The molecule has 1 amide bonds. The van der Waals surface area contributed by atoms with Gasteiger partial charge in [0.05, 0.1) is 12.2 Å². The lowest BCUT2D eigenvalue weighted by Crippen LogP contribution is -2.20. The van der Waals surface area contributed by atoms with Crippen molar-refractivity contribution in [2.45, 2.75) is 6.54 Å². The Bertz CT molecular complexity index is 788. The third kappa shape index (κ3) is 3.54. The number of carbonyl (C=O) groups excluding carboxylic acids is 1. The Morgan fingerprint density at radius 3 is 2.82 bits per heavy atom. The molecule has 2 heterocycles. The molecule has 5 heteroatoms. The van der Waals surface area contributed by atoms with E-state index >= 15 is 0 Å². The van der Waals surface area contributed by atoms with E-state index in [0.717, 1.165) is 16.9 Å². The predicted molar refractivity (Wildman–Crippen MR) is 87.5 cm³/mol. The van der Waals surface area contributed by atoms with E-state index in [-0.39, 0.29) is 5.91 Å². The van der Waals surface area contributed by atoms with E-state index < -0.39 is 0 Å². The van der Waals surface area contributed by atoms with Gasteiger partial charge in [0.2, 0.25) is 5.91 Å². The number of amides is 1. The summed E-state index contributed by atoms with van der Waals surface area (Å²) >= 11 is 5.81.